The summed E-state index contributed by atoms with van der Waals surface area (Å²) in [5.41, 5.74) is 3.04. The largest absolute Gasteiger partial charge is 1.00 e. The van der Waals surface area contributed by atoms with Crippen LogP contribution in [0.2, 0.25) is 0 Å². The van der Waals surface area contributed by atoms with Crippen molar-refractivity contribution in [3.63, 3.8) is 0 Å². The van der Waals surface area contributed by atoms with E-state index in [1.165, 1.54) is 0 Å². The van der Waals surface area contributed by atoms with Gasteiger partial charge in [0.1, 0.15) is 0 Å². The molecule has 2 heterocycles. The van der Waals surface area contributed by atoms with Crippen LogP contribution in [0.15, 0.2) is 78.0 Å². The normalized spacial score (nSPS) is 19.4. The summed E-state index contributed by atoms with van der Waals surface area (Å²) >= 11 is 0. The van der Waals surface area contributed by atoms with Gasteiger partial charge in [0, 0.05) is 48.8 Å². The number of hydrogen-bond acceptors (Lipinski definition) is 4. The summed E-state index contributed by atoms with van der Waals surface area (Å²) in [6, 6.07) is 20.0. The van der Waals surface area contributed by atoms with Gasteiger partial charge in [0.05, 0.1) is 16.8 Å². The highest BCUT2D eigenvalue weighted by Gasteiger charge is 2.49. The van der Waals surface area contributed by atoms with E-state index in [1.54, 1.807) is 6.07 Å². The Morgan fingerprint density at radius 3 is 2.23 bits per heavy atom. The van der Waals surface area contributed by atoms with Gasteiger partial charge in [-0.05, 0) is 48.2 Å². The third kappa shape index (κ3) is 6.93. The van der Waals surface area contributed by atoms with Crippen molar-refractivity contribution in [2.45, 2.75) is 75.8 Å². The van der Waals surface area contributed by atoms with Crippen LogP contribution in [0.5, 0.6) is 0 Å². The lowest BCUT2D eigenvalue weighted by atomic mass is 9.68. The first kappa shape index (κ1) is 31.3. The molecule has 39 heavy (non-hydrogen) atoms. The van der Waals surface area contributed by atoms with E-state index in [0.717, 1.165) is 42.5 Å². The van der Waals surface area contributed by atoms with Crippen LogP contribution in [0.1, 0.15) is 75.0 Å². The maximum atomic E-state index is 14.0. The molecule has 0 fully saturated rings. The molecule has 2 aromatic carbocycles. The second-order valence-electron chi connectivity index (χ2n) is 11.2. The zero-order valence-corrected chi connectivity index (χ0v) is 26.1. The fourth-order valence-electron chi connectivity index (χ4n) is 6.03. The molecule has 1 aliphatic rings. The molecule has 4 rings (SSSR count). The predicted octanol–water partition coefficient (Wildman–Crippen LogP) is 2.74. The number of rotatable bonds is 10. The zero-order valence-electron chi connectivity index (χ0n) is 23.7. The monoisotopic (exact) mass is 614 g/mol. The molecule has 2 atom stereocenters. The average Bonchev–Trinajstić information content (AvgIpc) is 2.97. The highest BCUT2D eigenvalue weighted by molar-refractivity contribution is 7.91. The third-order valence-corrected chi connectivity index (χ3v) is 10.1. The molecule has 1 N–H and O–H groups in total. The molecule has 0 unspecified atom stereocenters. The van der Waals surface area contributed by atoms with Gasteiger partial charge in [-0.1, -0.05) is 63.8 Å². The smallest absolute Gasteiger partial charge is 0.179 e. The average molecular weight is 616 g/mol. The van der Waals surface area contributed by atoms with Crippen LogP contribution in [-0.2, 0) is 16.4 Å². The van der Waals surface area contributed by atoms with E-state index in [9.17, 15) is 13.5 Å². The van der Waals surface area contributed by atoms with Crippen LogP contribution in [0.25, 0.3) is 0 Å². The summed E-state index contributed by atoms with van der Waals surface area (Å²) in [5, 5.41) is 12.4. The predicted molar refractivity (Wildman–Crippen MR) is 154 cm³/mol. The molecule has 0 radical (unpaired) electrons. The SMILES string of the molecule is CCCCC1(CCCC)CS(=O)(=O)c2ccc(N(C)C)cc2[C@@H](c2cccc(C[n+]3ccccc3)c2)[C@H]1O.[Br-]. The number of fused-ring (bicyclic) bond motifs is 1. The fourth-order valence-corrected chi connectivity index (χ4v) is 8.22. The van der Waals surface area contributed by atoms with E-state index < -0.39 is 27.3 Å². The van der Waals surface area contributed by atoms with Gasteiger partial charge in [0.25, 0.3) is 0 Å². The van der Waals surface area contributed by atoms with Crippen molar-refractivity contribution in [3.8, 4) is 0 Å². The molecular formula is C32H43BrN2O3S. The Kier molecular flexibility index (Phi) is 10.8. The maximum Gasteiger partial charge on any atom is 0.179 e. The lowest BCUT2D eigenvalue weighted by molar-refractivity contribution is -0.688. The van der Waals surface area contributed by atoms with Crippen molar-refractivity contribution in [1.82, 2.24) is 0 Å². The van der Waals surface area contributed by atoms with Gasteiger partial charge in [-0.15, -0.1) is 0 Å². The zero-order chi connectivity index (χ0) is 27.3. The topological polar surface area (TPSA) is 61.5 Å². The first-order valence-electron chi connectivity index (χ1n) is 14.0. The van der Waals surface area contributed by atoms with Crippen LogP contribution in [-0.4, -0.2) is 39.5 Å². The number of nitrogens with zero attached hydrogens (tertiary/aromatic N) is 2. The van der Waals surface area contributed by atoms with Crippen molar-refractivity contribution in [2.24, 2.45) is 5.41 Å². The molecule has 7 heteroatoms. The number of aliphatic hydroxyl groups excluding tert-OH is 1. The highest BCUT2D eigenvalue weighted by atomic mass is 79.9. The lowest BCUT2D eigenvalue weighted by Crippen LogP contribution is -3.00. The van der Waals surface area contributed by atoms with Crippen LogP contribution in [0.4, 0.5) is 5.69 Å². The van der Waals surface area contributed by atoms with Gasteiger partial charge < -0.3 is 27.0 Å². The van der Waals surface area contributed by atoms with E-state index in [1.807, 2.05) is 67.8 Å². The van der Waals surface area contributed by atoms with Crippen molar-refractivity contribution >= 4 is 15.5 Å². The number of unbranched alkanes of at least 4 members (excludes halogenated alkanes) is 2. The minimum atomic E-state index is -3.60. The van der Waals surface area contributed by atoms with E-state index >= 15 is 0 Å². The van der Waals surface area contributed by atoms with Crippen molar-refractivity contribution in [2.75, 3.05) is 24.7 Å². The number of halogens is 1. The maximum absolute atomic E-state index is 14.0. The third-order valence-electron chi connectivity index (χ3n) is 8.11. The van der Waals surface area contributed by atoms with Gasteiger partial charge in [-0.25, -0.2) is 13.0 Å². The standard InChI is InChI=1S/C32H43N2O3S.BrH/c1-5-7-17-32(18-8-6-2)24-38(36,37)29-16-15-27(33(3)4)22-28(29)30(31(32)35)26-14-12-13-25(21-26)23-34-19-10-9-11-20-34;/h9-16,19-22,30-31,35H,5-8,17-18,23-24H2,1-4H3;1H/q+1;/p-1/t30-,31-;/m1./s1. The number of benzene rings is 2. The van der Waals surface area contributed by atoms with Gasteiger partial charge in [-0.3, -0.25) is 0 Å². The Morgan fingerprint density at radius 2 is 1.62 bits per heavy atom. The fraction of sp³-hybridized carbons (Fsp3) is 0.469. The first-order valence-corrected chi connectivity index (χ1v) is 15.6. The molecule has 0 spiro atoms. The molecule has 212 valence electrons. The summed E-state index contributed by atoms with van der Waals surface area (Å²) in [5.74, 6) is -0.442. The van der Waals surface area contributed by atoms with Crippen molar-refractivity contribution in [1.29, 1.82) is 0 Å². The number of aliphatic hydroxyl groups is 1. The molecule has 0 bridgehead atoms. The quantitative estimate of drug-likeness (QED) is 0.357. The highest BCUT2D eigenvalue weighted by Crippen LogP contribution is 2.50. The van der Waals surface area contributed by atoms with Gasteiger partial charge in [0.15, 0.2) is 28.8 Å². The number of sulfone groups is 1. The minimum absolute atomic E-state index is 0. The molecular weight excluding hydrogens is 572 g/mol. The molecule has 5 nitrogen and oxygen atoms in total. The Labute approximate surface area is 245 Å². The lowest BCUT2D eigenvalue weighted by Gasteiger charge is -2.40. The molecule has 3 aromatic rings. The summed E-state index contributed by atoms with van der Waals surface area (Å²) in [4.78, 5) is 2.36. The van der Waals surface area contributed by atoms with Crippen LogP contribution in [0.3, 0.4) is 0 Å². The van der Waals surface area contributed by atoms with E-state index in [4.69, 9.17) is 0 Å². The summed E-state index contributed by atoms with van der Waals surface area (Å²) in [6.45, 7) is 4.97. The molecule has 0 amide bonds. The van der Waals surface area contributed by atoms with E-state index in [0.29, 0.717) is 29.8 Å². The molecule has 0 saturated heterocycles. The molecule has 0 saturated carbocycles. The first-order chi connectivity index (χ1) is 18.2. The molecule has 1 aliphatic heterocycles. The number of aromatic nitrogens is 1. The Bertz CT molecular complexity index is 1320. The Balaban J connectivity index is 0.00000420. The number of anilines is 1. The number of hydrogen-bond donors (Lipinski definition) is 1. The summed E-state index contributed by atoms with van der Waals surface area (Å²) in [7, 11) is 0.318. The van der Waals surface area contributed by atoms with Crippen molar-refractivity contribution in [3.05, 3.63) is 89.7 Å². The Hall–Kier alpha value is -2.22. The summed E-state index contributed by atoms with van der Waals surface area (Å²) < 4.78 is 30.2. The van der Waals surface area contributed by atoms with E-state index in [-0.39, 0.29) is 22.7 Å². The van der Waals surface area contributed by atoms with Crippen LogP contribution < -0.4 is 26.4 Å². The van der Waals surface area contributed by atoms with Gasteiger partial charge in [0.2, 0.25) is 0 Å². The van der Waals surface area contributed by atoms with Gasteiger partial charge >= 0.3 is 0 Å². The number of pyridine rings is 1. The summed E-state index contributed by atoms with van der Waals surface area (Å²) in [6.07, 6.45) is 8.40. The van der Waals surface area contributed by atoms with E-state index in [2.05, 4.69) is 36.6 Å². The van der Waals surface area contributed by atoms with Gasteiger partial charge in [-0.2, -0.15) is 0 Å². The van der Waals surface area contributed by atoms with Crippen LogP contribution >= 0.6 is 0 Å². The van der Waals surface area contributed by atoms with Crippen LogP contribution in [0, 0.1) is 5.41 Å². The second-order valence-corrected chi connectivity index (χ2v) is 13.1. The Morgan fingerprint density at radius 1 is 0.949 bits per heavy atom. The molecule has 1 aromatic heterocycles. The second kappa shape index (κ2) is 13.4. The molecule has 0 aliphatic carbocycles. The minimum Gasteiger partial charge on any atom is -1.00 e. The van der Waals surface area contributed by atoms with Crippen molar-refractivity contribution < 1.29 is 35.1 Å².